The number of benzene rings is 2. The predicted molar refractivity (Wildman–Crippen MR) is 127 cm³/mol. The van der Waals surface area contributed by atoms with Crippen molar-refractivity contribution in [2.24, 2.45) is 4.99 Å². The zero-order valence-corrected chi connectivity index (χ0v) is 19.5. The normalized spacial score (nSPS) is 12.0. The Kier molecular flexibility index (Phi) is 10.2. The number of carbonyl (C=O) groups excluding carboxylic acids is 1. The molecular formula is C24H34N4O4. The Bertz CT molecular complexity index is 901. The minimum absolute atomic E-state index is 0.0116. The summed E-state index contributed by atoms with van der Waals surface area (Å²) in [5, 5.41) is 9.45. The average Bonchev–Trinajstić information content (AvgIpc) is 2.82. The summed E-state index contributed by atoms with van der Waals surface area (Å²) in [4.78, 5) is 16.6. The van der Waals surface area contributed by atoms with Gasteiger partial charge < -0.3 is 30.2 Å². The van der Waals surface area contributed by atoms with Crippen LogP contribution in [0.4, 0.5) is 0 Å². The van der Waals surface area contributed by atoms with E-state index in [1.165, 1.54) is 0 Å². The summed E-state index contributed by atoms with van der Waals surface area (Å²) in [6.07, 6.45) is 0. The van der Waals surface area contributed by atoms with E-state index in [0.29, 0.717) is 43.6 Å². The van der Waals surface area contributed by atoms with Crippen LogP contribution in [0, 0.1) is 0 Å². The highest BCUT2D eigenvalue weighted by molar-refractivity contribution is 5.94. The van der Waals surface area contributed by atoms with E-state index in [4.69, 9.17) is 14.2 Å². The summed E-state index contributed by atoms with van der Waals surface area (Å²) in [6, 6.07) is 12.9. The van der Waals surface area contributed by atoms with Crippen molar-refractivity contribution >= 4 is 11.9 Å². The molecule has 0 aliphatic rings. The second kappa shape index (κ2) is 13.1. The highest BCUT2D eigenvalue weighted by Gasteiger charge is 2.12. The van der Waals surface area contributed by atoms with Crippen molar-refractivity contribution in [3.05, 3.63) is 53.6 Å². The molecule has 0 heterocycles. The van der Waals surface area contributed by atoms with Gasteiger partial charge in [-0.2, -0.15) is 0 Å². The summed E-state index contributed by atoms with van der Waals surface area (Å²) < 4.78 is 16.5. The number of methoxy groups -OCH3 is 1. The quantitative estimate of drug-likeness (QED) is 0.281. The molecule has 2 aromatic rings. The van der Waals surface area contributed by atoms with Crippen LogP contribution in [0.15, 0.2) is 47.5 Å². The van der Waals surface area contributed by atoms with Gasteiger partial charge in [0.2, 0.25) is 0 Å². The predicted octanol–water partition coefficient (Wildman–Crippen LogP) is 3.15. The molecule has 0 fully saturated rings. The zero-order chi connectivity index (χ0) is 23.3. The first-order valence-corrected chi connectivity index (χ1v) is 10.8. The molecule has 0 aromatic heterocycles. The molecule has 8 nitrogen and oxygen atoms in total. The van der Waals surface area contributed by atoms with Crippen LogP contribution >= 0.6 is 0 Å². The molecule has 174 valence electrons. The Morgan fingerprint density at radius 1 is 1.00 bits per heavy atom. The first kappa shape index (κ1) is 24.8. The zero-order valence-electron chi connectivity index (χ0n) is 19.5. The lowest BCUT2D eigenvalue weighted by Crippen LogP contribution is -2.42. The molecule has 0 aliphatic carbocycles. The molecule has 0 spiro atoms. The van der Waals surface area contributed by atoms with Crippen LogP contribution in [0.3, 0.4) is 0 Å². The van der Waals surface area contributed by atoms with Crippen molar-refractivity contribution in [2.45, 2.75) is 26.8 Å². The van der Waals surface area contributed by atoms with Gasteiger partial charge >= 0.3 is 0 Å². The van der Waals surface area contributed by atoms with Crippen LogP contribution in [0.5, 0.6) is 17.2 Å². The third kappa shape index (κ3) is 7.37. The first-order valence-electron chi connectivity index (χ1n) is 10.8. The molecule has 1 unspecified atom stereocenters. The maximum Gasteiger partial charge on any atom is 0.251 e. The van der Waals surface area contributed by atoms with Crippen LogP contribution in [-0.2, 0) is 0 Å². The van der Waals surface area contributed by atoms with Crippen LogP contribution in [0.1, 0.15) is 42.7 Å². The van der Waals surface area contributed by atoms with E-state index in [9.17, 15) is 4.79 Å². The highest BCUT2D eigenvalue weighted by atomic mass is 16.5. The summed E-state index contributed by atoms with van der Waals surface area (Å²) in [5.74, 6) is 2.60. The van der Waals surface area contributed by atoms with Gasteiger partial charge in [-0.15, -0.1) is 0 Å². The monoisotopic (exact) mass is 442 g/mol. The molecule has 1 amide bonds. The number of nitrogens with one attached hydrogen (secondary N) is 3. The van der Waals surface area contributed by atoms with Gasteiger partial charge in [-0.25, -0.2) is 0 Å². The largest absolute Gasteiger partial charge is 0.497 e. The van der Waals surface area contributed by atoms with E-state index < -0.39 is 0 Å². The van der Waals surface area contributed by atoms with Crippen molar-refractivity contribution in [2.75, 3.05) is 40.5 Å². The van der Waals surface area contributed by atoms with E-state index in [2.05, 4.69) is 20.9 Å². The number of aliphatic imine (C=N–C) groups is 1. The van der Waals surface area contributed by atoms with Crippen LogP contribution in [0.2, 0.25) is 0 Å². The third-order valence-electron chi connectivity index (χ3n) is 4.68. The van der Waals surface area contributed by atoms with Crippen molar-refractivity contribution in [3.8, 4) is 17.2 Å². The minimum atomic E-state index is -0.153. The first-order chi connectivity index (χ1) is 15.5. The molecule has 0 saturated carbocycles. The van der Waals surface area contributed by atoms with E-state index in [1.54, 1.807) is 38.4 Å². The van der Waals surface area contributed by atoms with Crippen molar-refractivity contribution in [3.63, 3.8) is 0 Å². The lowest BCUT2D eigenvalue weighted by molar-refractivity contribution is 0.0954. The standard InChI is InChI=1S/C24H34N4O4/c1-6-31-21-12-11-18(16-22(21)32-7-2)17(3)28-24(25-4)27-14-13-26-23(29)19-9-8-10-20(15-19)30-5/h8-12,15-17H,6-7,13-14H2,1-5H3,(H,26,29)(H2,25,27,28). The third-order valence-corrected chi connectivity index (χ3v) is 4.68. The number of ether oxygens (including phenoxy) is 3. The van der Waals surface area contributed by atoms with Gasteiger partial charge in [0.1, 0.15) is 5.75 Å². The lowest BCUT2D eigenvalue weighted by Gasteiger charge is -2.20. The Hall–Kier alpha value is -3.42. The van der Waals surface area contributed by atoms with E-state index >= 15 is 0 Å². The smallest absolute Gasteiger partial charge is 0.251 e. The molecule has 0 saturated heterocycles. The molecular weight excluding hydrogens is 408 g/mol. The molecule has 3 N–H and O–H groups in total. The van der Waals surface area contributed by atoms with Crippen molar-refractivity contribution in [1.29, 1.82) is 0 Å². The van der Waals surface area contributed by atoms with Gasteiger partial charge in [0.05, 0.1) is 26.4 Å². The lowest BCUT2D eigenvalue weighted by atomic mass is 10.1. The fourth-order valence-electron chi connectivity index (χ4n) is 3.04. The number of amides is 1. The Labute approximate surface area is 190 Å². The van der Waals surface area contributed by atoms with E-state index in [0.717, 1.165) is 17.1 Å². The van der Waals surface area contributed by atoms with E-state index in [1.807, 2.05) is 39.0 Å². The van der Waals surface area contributed by atoms with Crippen molar-refractivity contribution in [1.82, 2.24) is 16.0 Å². The topological polar surface area (TPSA) is 93.2 Å². The second-order valence-corrected chi connectivity index (χ2v) is 6.93. The molecule has 0 aliphatic heterocycles. The van der Waals surface area contributed by atoms with Gasteiger partial charge in [0.25, 0.3) is 5.91 Å². The second-order valence-electron chi connectivity index (χ2n) is 6.93. The molecule has 0 radical (unpaired) electrons. The number of guanidine groups is 1. The number of rotatable bonds is 11. The number of nitrogens with zero attached hydrogens (tertiary/aromatic N) is 1. The maximum absolute atomic E-state index is 12.3. The molecule has 2 aromatic carbocycles. The molecule has 1 atom stereocenters. The summed E-state index contributed by atoms with van der Waals surface area (Å²) >= 11 is 0. The Morgan fingerprint density at radius 3 is 2.41 bits per heavy atom. The van der Waals surface area contributed by atoms with Crippen molar-refractivity contribution < 1.29 is 19.0 Å². The Balaban J connectivity index is 1.86. The van der Waals surface area contributed by atoms with Crippen LogP contribution in [0.25, 0.3) is 0 Å². The maximum atomic E-state index is 12.3. The minimum Gasteiger partial charge on any atom is -0.497 e. The molecule has 2 rings (SSSR count). The van der Waals surface area contributed by atoms with Crippen LogP contribution < -0.4 is 30.2 Å². The Morgan fingerprint density at radius 2 is 1.72 bits per heavy atom. The molecule has 32 heavy (non-hydrogen) atoms. The number of hydrogen-bond acceptors (Lipinski definition) is 5. The average molecular weight is 443 g/mol. The molecule has 0 bridgehead atoms. The summed E-state index contributed by atoms with van der Waals surface area (Å²) in [7, 11) is 3.28. The van der Waals surface area contributed by atoms with Gasteiger partial charge in [-0.05, 0) is 56.7 Å². The fraction of sp³-hybridized carbons (Fsp3) is 0.417. The summed E-state index contributed by atoms with van der Waals surface area (Å²) in [5.41, 5.74) is 1.60. The van der Waals surface area contributed by atoms with Gasteiger partial charge in [0, 0.05) is 25.7 Å². The fourth-order valence-corrected chi connectivity index (χ4v) is 3.04. The molecule has 8 heteroatoms. The van der Waals surface area contributed by atoms with Gasteiger partial charge in [-0.1, -0.05) is 12.1 Å². The number of hydrogen-bond donors (Lipinski definition) is 3. The van der Waals surface area contributed by atoms with Gasteiger partial charge in [-0.3, -0.25) is 9.79 Å². The summed E-state index contributed by atoms with van der Waals surface area (Å²) in [6.45, 7) is 8.06. The SMILES string of the molecule is CCOc1ccc(C(C)NC(=NC)NCCNC(=O)c2cccc(OC)c2)cc1OCC. The highest BCUT2D eigenvalue weighted by Crippen LogP contribution is 2.30. The van der Waals surface area contributed by atoms with Gasteiger partial charge in [0.15, 0.2) is 17.5 Å². The van der Waals surface area contributed by atoms with E-state index in [-0.39, 0.29) is 11.9 Å². The van der Waals surface area contributed by atoms with Crippen LogP contribution in [-0.4, -0.2) is 52.3 Å². The number of carbonyl (C=O) groups is 1.